The monoisotopic (exact) mass is 354 g/mol. The number of benzene rings is 1. The van der Waals surface area contributed by atoms with Crippen LogP contribution < -0.4 is 0 Å². The lowest BCUT2D eigenvalue weighted by Gasteiger charge is -2.33. The maximum atomic E-state index is 13.2. The van der Waals surface area contributed by atoms with Gasteiger partial charge in [-0.3, -0.25) is 4.79 Å². The molecule has 1 saturated carbocycles. The van der Waals surface area contributed by atoms with Gasteiger partial charge >= 0.3 is 5.97 Å². The first-order valence-electron chi connectivity index (χ1n) is 9.07. The highest BCUT2D eigenvalue weighted by Crippen LogP contribution is 2.40. The number of amides is 1. The van der Waals surface area contributed by atoms with E-state index in [2.05, 4.69) is 10.1 Å². The highest BCUT2D eigenvalue weighted by Gasteiger charge is 2.47. The highest BCUT2D eigenvalue weighted by atomic mass is 16.4. The molecule has 1 saturated heterocycles. The predicted octanol–water partition coefficient (Wildman–Crippen LogP) is 2.43. The Kier molecular flexibility index (Phi) is 4.22. The van der Waals surface area contributed by atoms with Crippen molar-refractivity contribution in [3.05, 3.63) is 42.0 Å². The molecule has 1 N–H and O–H groups in total. The maximum Gasteiger partial charge on any atom is 0.326 e. The lowest BCUT2D eigenvalue weighted by atomic mass is 9.84. The van der Waals surface area contributed by atoms with E-state index < -0.39 is 12.0 Å². The molecule has 2 aliphatic rings. The van der Waals surface area contributed by atoms with Crippen LogP contribution in [0.5, 0.6) is 0 Å². The van der Waals surface area contributed by atoms with Crippen molar-refractivity contribution in [2.45, 2.75) is 51.1 Å². The number of carbonyl (C=O) groups is 2. The fraction of sp³-hybridized carbons (Fsp3) is 0.474. The van der Waals surface area contributed by atoms with Crippen LogP contribution in [0.15, 0.2) is 30.9 Å². The number of aryl methyl sites for hydroxylation is 1. The molecule has 7 nitrogen and oxygen atoms in total. The summed E-state index contributed by atoms with van der Waals surface area (Å²) in [7, 11) is 0. The Morgan fingerprint density at radius 2 is 2.04 bits per heavy atom. The van der Waals surface area contributed by atoms with Crippen molar-refractivity contribution in [2.75, 3.05) is 0 Å². The molecule has 2 fully saturated rings. The standard InChI is InChI=1S/C19H22N4O3/c1-12-8-14(6-7-15(12)22-11-20-10-21-22)18(24)23-16-5-3-2-4-13(16)9-17(23)19(25)26/h6-8,10-11,13,16-17H,2-5,9H2,1H3,(H,25,26)/t13-,16-,17+/m1/s1. The summed E-state index contributed by atoms with van der Waals surface area (Å²) >= 11 is 0. The minimum Gasteiger partial charge on any atom is -0.480 e. The molecule has 1 amide bonds. The van der Waals surface area contributed by atoms with Gasteiger partial charge in [0.2, 0.25) is 0 Å². The molecule has 1 aromatic carbocycles. The third kappa shape index (κ3) is 2.77. The molecule has 2 heterocycles. The van der Waals surface area contributed by atoms with Crippen LogP contribution in [-0.4, -0.2) is 48.7 Å². The molecular weight excluding hydrogens is 332 g/mol. The van der Waals surface area contributed by atoms with Gasteiger partial charge in [-0.1, -0.05) is 12.8 Å². The number of likely N-dealkylation sites (tertiary alicyclic amines) is 1. The molecule has 1 aliphatic heterocycles. The number of carboxylic acids is 1. The average molecular weight is 354 g/mol. The summed E-state index contributed by atoms with van der Waals surface area (Å²) < 4.78 is 1.65. The third-order valence-electron chi connectivity index (χ3n) is 5.72. The number of hydrogen-bond acceptors (Lipinski definition) is 4. The topological polar surface area (TPSA) is 88.3 Å². The first-order valence-corrected chi connectivity index (χ1v) is 9.07. The highest BCUT2D eigenvalue weighted by molar-refractivity contribution is 5.97. The van der Waals surface area contributed by atoms with Gasteiger partial charge < -0.3 is 10.0 Å². The van der Waals surface area contributed by atoms with Gasteiger partial charge in [-0.05, 0) is 55.9 Å². The van der Waals surface area contributed by atoms with Crippen molar-refractivity contribution in [3.8, 4) is 5.69 Å². The van der Waals surface area contributed by atoms with Crippen LogP contribution in [0.1, 0.15) is 48.0 Å². The average Bonchev–Trinajstić information content (AvgIpc) is 3.28. The lowest BCUT2D eigenvalue weighted by molar-refractivity contribution is -0.141. The summed E-state index contributed by atoms with van der Waals surface area (Å²) in [5, 5.41) is 13.8. The Morgan fingerprint density at radius 3 is 2.73 bits per heavy atom. The zero-order valence-corrected chi connectivity index (χ0v) is 14.7. The molecule has 1 aromatic heterocycles. The van der Waals surface area contributed by atoms with Crippen LogP contribution in [0.2, 0.25) is 0 Å². The van der Waals surface area contributed by atoms with Crippen molar-refractivity contribution in [3.63, 3.8) is 0 Å². The van der Waals surface area contributed by atoms with Crippen LogP contribution >= 0.6 is 0 Å². The number of hydrogen-bond donors (Lipinski definition) is 1. The van der Waals surface area contributed by atoms with Crippen molar-refractivity contribution >= 4 is 11.9 Å². The SMILES string of the molecule is Cc1cc(C(=O)N2[C@@H]3CCCC[C@@H]3C[C@H]2C(=O)O)ccc1-n1cncn1. The zero-order valence-electron chi connectivity index (χ0n) is 14.7. The fourth-order valence-electron chi connectivity index (χ4n) is 4.50. The smallest absolute Gasteiger partial charge is 0.326 e. The molecule has 4 rings (SSSR count). The summed E-state index contributed by atoms with van der Waals surface area (Å²) in [6.45, 7) is 1.91. The van der Waals surface area contributed by atoms with Crippen LogP contribution in [0.4, 0.5) is 0 Å². The van der Waals surface area contributed by atoms with Gasteiger partial charge in [0, 0.05) is 11.6 Å². The molecular formula is C19H22N4O3. The second kappa shape index (κ2) is 6.55. The van der Waals surface area contributed by atoms with Gasteiger partial charge in [0.25, 0.3) is 5.91 Å². The van der Waals surface area contributed by atoms with E-state index in [1.807, 2.05) is 19.1 Å². The van der Waals surface area contributed by atoms with Gasteiger partial charge in [0.15, 0.2) is 0 Å². The summed E-state index contributed by atoms with van der Waals surface area (Å²) in [6, 6.07) is 4.73. The first kappa shape index (κ1) is 16.8. The van der Waals surface area contributed by atoms with E-state index in [9.17, 15) is 14.7 Å². The van der Waals surface area contributed by atoms with Crippen molar-refractivity contribution in [1.82, 2.24) is 19.7 Å². The Morgan fingerprint density at radius 1 is 1.23 bits per heavy atom. The largest absolute Gasteiger partial charge is 0.480 e. The van der Waals surface area contributed by atoms with Gasteiger partial charge in [-0.25, -0.2) is 14.5 Å². The summed E-state index contributed by atoms with van der Waals surface area (Å²) in [6.07, 6.45) is 7.74. The van der Waals surface area contributed by atoms with E-state index in [1.54, 1.807) is 22.0 Å². The predicted molar refractivity (Wildman–Crippen MR) is 94.1 cm³/mol. The Bertz CT molecular complexity index is 833. The Labute approximate surface area is 151 Å². The van der Waals surface area contributed by atoms with Gasteiger partial charge in [0.1, 0.15) is 18.7 Å². The molecule has 136 valence electrons. The van der Waals surface area contributed by atoms with Crippen LogP contribution in [0.25, 0.3) is 5.69 Å². The van der Waals surface area contributed by atoms with Crippen molar-refractivity contribution in [2.24, 2.45) is 5.92 Å². The summed E-state index contributed by atoms with van der Waals surface area (Å²) in [4.78, 5) is 30.5. The van der Waals surface area contributed by atoms with Gasteiger partial charge in [-0.2, -0.15) is 5.10 Å². The molecule has 1 aliphatic carbocycles. The number of nitrogens with zero attached hydrogens (tertiary/aromatic N) is 4. The quantitative estimate of drug-likeness (QED) is 0.914. The van der Waals surface area contributed by atoms with E-state index in [1.165, 1.54) is 6.33 Å². The molecule has 3 atom stereocenters. The normalized spacial score (nSPS) is 25.1. The van der Waals surface area contributed by atoms with Crippen LogP contribution in [0.3, 0.4) is 0 Å². The summed E-state index contributed by atoms with van der Waals surface area (Å²) in [5.74, 6) is -0.770. The molecule has 0 bridgehead atoms. The lowest BCUT2D eigenvalue weighted by Crippen LogP contribution is -2.46. The number of carbonyl (C=O) groups excluding carboxylic acids is 1. The maximum absolute atomic E-state index is 13.2. The molecule has 0 unspecified atom stereocenters. The Balaban J connectivity index is 1.65. The number of rotatable bonds is 3. The first-order chi connectivity index (χ1) is 12.6. The van der Waals surface area contributed by atoms with Crippen molar-refractivity contribution < 1.29 is 14.7 Å². The molecule has 0 radical (unpaired) electrons. The minimum absolute atomic E-state index is 0.0487. The van der Waals surface area contributed by atoms with E-state index in [4.69, 9.17) is 0 Å². The van der Waals surface area contributed by atoms with Crippen LogP contribution in [0, 0.1) is 12.8 Å². The van der Waals surface area contributed by atoms with E-state index in [-0.39, 0.29) is 11.9 Å². The minimum atomic E-state index is -0.899. The molecule has 2 aromatic rings. The number of fused-ring (bicyclic) bond motifs is 1. The zero-order chi connectivity index (χ0) is 18.3. The second-order valence-electron chi connectivity index (χ2n) is 7.26. The number of carboxylic acid groups (broad SMARTS) is 1. The van der Waals surface area contributed by atoms with E-state index in [0.29, 0.717) is 17.9 Å². The third-order valence-corrected chi connectivity index (χ3v) is 5.72. The molecule has 26 heavy (non-hydrogen) atoms. The van der Waals surface area contributed by atoms with Gasteiger partial charge in [-0.15, -0.1) is 0 Å². The van der Waals surface area contributed by atoms with E-state index in [0.717, 1.165) is 36.9 Å². The Hall–Kier alpha value is -2.70. The molecule has 7 heteroatoms. The molecule has 0 spiro atoms. The number of aromatic nitrogens is 3. The van der Waals surface area contributed by atoms with E-state index >= 15 is 0 Å². The van der Waals surface area contributed by atoms with Crippen molar-refractivity contribution in [1.29, 1.82) is 0 Å². The van der Waals surface area contributed by atoms with Crippen LogP contribution in [-0.2, 0) is 4.79 Å². The fourth-order valence-corrected chi connectivity index (χ4v) is 4.50. The number of aliphatic carboxylic acids is 1. The summed E-state index contributed by atoms with van der Waals surface area (Å²) in [5.41, 5.74) is 2.28. The van der Waals surface area contributed by atoms with Gasteiger partial charge in [0.05, 0.1) is 5.69 Å². The second-order valence-corrected chi connectivity index (χ2v) is 7.26.